The molecule has 1 amide bonds. The van der Waals surface area contributed by atoms with E-state index in [0.29, 0.717) is 11.7 Å². The van der Waals surface area contributed by atoms with E-state index < -0.39 is 0 Å². The van der Waals surface area contributed by atoms with Crippen LogP contribution in [0, 0.1) is 5.92 Å². The third-order valence-corrected chi connectivity index (χ3v) is 3.35. The van der Waals surface area contributed by atoms with Crippen LogP contribution in [0.5, 0.6) is 0 Å². The largest absolute Gasteiger partial charge is 0.309 e. The predicted octanol–water partition coefficient (Wildman–Crippen LogP) is 2.61. The summed E-state index contributed by atoms with van der Waals surface area (Å²) < 4.78 is 0. The van der Waals surface area contributed by atoms with Gasteiger partial charge in [0, 0.05) is 12.4 Å². The molecule has 0 saturated heterocycles. The Morgan fingerprint density at radius 2 is 2.00 bits per heavy atom. The molecule has 1 aliphatic rings. The molecule has 0 aliphatic heterocycles. The highest BCUT2D eigenvalue weighted by molar-refractivity contribution is 5.95. The van der Waals surface area contributed by atoms with Crippen LogP contribution in [0.2, 0.25) is 0 Å². The summed E-state index contributed by atoms with van der Waals surface area (Å²) in [4.78, 5) is 20.4. The van der Waals surface area contributed by atoms with Crippen molar-refractivity contribution in [3.63, 3.8) is 0 Å². The molecule has 1 N–H and O–H groups in total. The number of carbonyl (C=O) groups is 1. The highest BCUT2D eigenvalue weighted by atomic mass is 16.2. The van der Waals surface area contributed by atoms with Gasteiger partial charge in [0.25, 0.3) is 0 Å². The molecule has 0 radical (unpaired) electrons. The maximum atomic E-state index is 12.4. The molecule has 4 nitrogen and oxygen atoms in total. The van der Waals surface area contributed by atoms with Crippen molar-refractivity contribution in [2.75, 3.05) is 5.32 Å². The molecule has 0 unspecified atom stereocenters. The van der Waals surface area contributed by atoms with Crippen molar-refractivity contribution in [1.29, 1.82) is 0 Å². The van der Waals surface area contributed by atoms with Gasteiger partial charge < -0.3 is 5.32 Å². The highest BCUT2D eigenvalue weighted by Gasteiger charge is 2.37. The highest BCUT2D eigenvalue weighted by Crippen LogP contribution is 2.43. The number of aromatic nitrogens is 2. The zero-order valence-electron chi connectivity index (χ0n) is 10.5. The molecule has 0 bridgehead atoms. The van der Waals surface area contributed by atoms with Gasteiger partial charge in [-0.1, -0.05) is 30.3 Å². The monoisotopic (exact) mass is 253 g/mol. The molecule has 1 aromatic carbocycles. The lowest BCUT2D eigenvalue weighted by molar-refractivity contribution is -0.118. The number of carbonyl (C=O) groups excluding carboxylic acids is 1. The first kappa shape index (κ1) is 11.8. The summed E-state index contributed by atoms with van der Waals surface area (Å²) in [5, 5.41) is 2.85. The van der Waals surface area contributed by atoms with Crippen LogP contribution in [0.25, 0.3) is 0 Å². The minimum absolute atomic E-state index is 0.00852. The lowest BCUT2D eigenvalue weighted by atomic mass is 9.93. The van der Waals surface area contributed by atoms with Crippen molar-refractivity contribution in [3.8, 4) is 0 Å². The van der Waals surface area contributed by atoms with Crippen LogP contribution in [-0.2, 0) is 4.79 Å². The van der Waals surface area contributed by atoms with Gasteiger partial charge in [-0.25, -0.2) is 4.98 Å². The number of anilines is 1. The zero-order chi connectivity index (χ0) is 13.1. The second-order valence-electron chi connectivity index (χ2n) is 4.81. The zero-order valence-corrected chi connectivity index (χ0v) is 10.5. The van der Waals surface area contributed by atoms with Crippen LogP contribution in [0.15, 0.2) is 48.9 Å². The van der Waals surface area contributed by atoms with Crippen LogP contribution in [0.4, 0.5) is 5.82 Å². The number of nitrogens with zero attached hydrogens (tertiary/aromatic N) is 2. The summed E-state index contributed by atoms with van der Waals surface area (Å²) in [5.41, 5.74) is 1.08. The SMILES string of the molecule is O=C(Nc1cnccn1)[C@H](c1ccccc1)C1CC1. The molecular formula is C15H15N3O. The van der Waals surface area contributed by atoms with Crippen molar-refractivity contribution in [2.24, 2.45) is 5.92 Å². The molecule has 1 aliphatic carbocycles. The summed E-state index contributed by atoms with van der Waals surface area (Å²) in [5.74, 6) is 0.894. The number of benzene rings is 1. The molecular weight excluding hydrogens is 238 g/mol. The van der Waals surface area contributed by atoms with Crippen LogP contribution >= 0.6 is 0 Å². The van der Waals surface area contributed by atoms with E-state index in [9.17, 15) is 4.79 Å². The van der Waals surface area contributed by atoms with E-state index in [2.05, 4.69) is 15.3 Å². The first-order chi connectivity index (χ1) is 9.34. The summed E-state index contributed by atoms with van der Waals surface area (Å²) >= 11 is 0. The molecule has 1 aromatic heterocycles. The average molecular weight is 253 g/mol. The standard InChI is InChI=1S/C15H15N3O/c19-15(18-13-10-16-8-9-17-13)14(12-6-7-12)11-4-2-1-3-5-11/h1-5,8-10,12,14H,6-7H2,(H,17,18,19)/t14-/m1/s1. The van der Waals surface area contributed by atoms with E-state index in [4.69, 9.17) is 0 Å². The van der Waals surface area contributed by atoms with Gasteiger partial charge in [-0.15, -0.1) is 0 Å². The van der Waals surface area contributed by atoms with Gasteiger partial charge in [0.15, 0.2) is 5.82 Å². The Morgan fingerprint density at radius 1 is 1.21 bits per heavy atom. The number of hydrogen-bond donors (Lipinski definition) is 1. The van der Waals surface area contributed by atoms with Crippen molar-refractivity contribution in [2.45, 2.75) is 18.8 Å². The molecule has 0 spiro atoms. The summed E-state index contributed by atoms with van der Waals surface area (Å²) in [6.45, 7) is 0. The first-order valence-electron chi connectivity index (χ1n) is 6.46. The molecule has 1 fully saturated rings. The Kier molecular flexibility index (Phi) is 3.23. The van der Waals surface area contributed by atoms with Gasteiger partial charge in [-0.05, 0) is 24.3 Å². The summed E-state index contributed by atoms with van der Waals surface area (Å²) in [7, 11) is 0. The van der Waals surface area contributed by atoms with Crippen molar-refractivity contribution >= 4 is 11.7 Å². The maximum absolute atomic E-state index is 12.4. The fourth-order valence-electron chi connectivity index (χ4n) is 2.30. The lowest BCUT2D eigenvalue weighted by Crippen LogP contribution is -2.23. The number of nitrogens with one attached hydrogen (secondary N) is 1. The minimum Gasteiger partial charge on any atom is -0.309 e. The lowest BCUT2D eigenvalue weighted by Gasteiger charge is -2.16. The maximum Gasteiger partial charge on any atom is 0.233 e. The normalized spacial score (nSPS) is 15.8. The number of hydrogen-bond acceptors (Lipinski definition) is 3. The third-order valence-electron chi connectivity index (χ3n) is 3.35. The van der Waals surface area contributed by atoms with Crippen LogP contribution in [-0.4, -0.2) is 15.9 Å². The van der Waals surface area contributed by atoms with Gasteiger partial charge in [-0.2, -0.15) is 0 Å². The van der Waals surface area contributed by atoms with E-state index in [1.54, 1.807) is 18.6 Å². The molecule has 4 heteroatoms. The summed E-state index contributed by atoms with van der Waals surface area (Å²) in [6, 6.07) is 9.94. The number of rotatable bonds is 4. The molecule has 19 heavy (non-hydrogen) atoms. The Balaban J connectivity index is 1.79. The van der Waals surface area contributed by atoms with Crippen molar-refractivity contribution in [3.05, 3.63) is 54.5 Å². The smallest absolute Gasteiger partial charge is 0.233 e. The molecule has 96 valence electrons. The van der Waals surface area contributed by atoms with E-state index in [0.717, 1.165) is 18.4 Å². The predicted molar refractivity (Wildman–Crippen MR) is 72.6 cm³/mol. The first-order valence-corrected chi connectivity index (χ1v) is 6.46. The second kappa shape index (κ2) is 5.18. The van der Waals surface area contributed by atoms with E-state index >= 15 is 0 Å². The molecule has 3 rings (SSSR count). The fraction of sp³-hybridized carbons (Fsp3) is 0.267. The van der Waals surface area contributed by atoms with E-state index in [1.807, 2.05) is 30.3 Å². The van der Waals surface area contributed by atoms with Gasteiger partial charge in [0.2, 0.25) is 5.91 Å². The molecule has 1 saturated carbocycles. The van der Waals surface area contributed by atoms with Gasteiger partial charge in [0.05, 0.1) is 12.1 Å². The number of amides is 1. The Morgan fingerprint density at radius 3 is 2.63 bits per heavy atom. The van der Waals surface area contributed by atoms with Crippen molar-refractivity contribution < 1.29 is 4.79 Å². The average Bonchev–Trinajstić information content (AvgIpc) is 3.26. The Labute approximate surface area is 111 Å². The molecule has 1 atom stereocenters. The Hall–Kier alpha value is -2.23. The third kappa shape index (κ3) is 2.78. The fourth-order valence-corrected chi connectivity index (χ4v) is 2.30. The Bertz CT molecular complexity index is 552. The quantitative estimate of drug-likeness (QED) is 0.911. The van der Waals surface area contributed by atoms with E-state index in [1.165, 1.54) is 0 Å². The topological polar surface area (TPSA) is 54.9 Å². The molecule has 2 aromatic rings. The van der Waals surface area contributed by atoms with Gasteiger partial charge in [0.1, 0.15) is 0 Å². The van der Waals surface area contributed by atoms with Gasteiger partial charge in [-0.3, -0.25) is 9.78 Å². The molecule has 1 heterocycles. The van der Waals surface area contributed by atoms with Crippen LogP contribution < -0.4 is 5.32 Å². The minimum atomic E-state index is -0.0804. The van der Waals surface area contributed by atoms with Crippen LogP contribution in [0.3, 0.4) is 0 Å². The summed E-state index contributed by atoms with van der Waals surface area (Å²) in [6.07, 6.45) is 6.96. The van der Waals surface area contributed by atoms with E-state index in [-0.39, 0.29) is 11.8 Å². The van der Waals surface area contributed by atoms with Crippen LogP contribution in [0.1, 0.15) is 24.3 Å². The van der Waals surface area contributed by atoms with Crippen molar-refractivity contribution in [1.82, 2.24) is 9.97 Å². The second-order valence-corrected chi connectivity index (χ2v) is 4.81. The van der Waals surface area contributed by atoms with Gasteiger partial charge >= 0.3 is 0 Å².